The molecule has 118 valence electrons. The largest absolute Gasteiger partial charge is 0.375 e. The first kappa shape index (κ1) is 16.3. The molecular formula is C14H24N4O2S. The van der Waals surface area contributed by atoms with Gasteiger partial charge in [-0.05, 0) is 38.2 Å². The number of hydrogen-bond acceptors (Lipinski definition) is 6. The highest BCUT2D eigenvalue weighted by Crippen LogP contribution is 2.12. The Morgan fingerprint density at radius 2 is 2.38 bits per heavy atom. The molecule has 21 heavy (non-hydrogen) atoms. The molecule has 1 aromatic heterocycles. The van der Waals surface area contributed by atoms with Gasteiger partial charge in [0.2, 0.25) is 0 Å². The van der Waals surface area contributed by atoms with Crippen molar-refractivity contribution in [3.8, 4) is 0 Å². The molecule has 1 aliphatic heterocycles. The van der Waals surface area contributed by atoms with Crippen molar-refractivity contribution in [1.29, 1.82) is 0 Å². The highest BCUT2D eigenvalue weighted by atomic mass is 32.1. The second-order valence-electron chi connectivity index (χ2n) is 5.53. The minimum Gasteiger partial charge on any atom is -0.375 e. The normalized spacial score (nSPS) is 19.9. The summed E-state index contributed by atoms with van der Waals surface area (Å²) in [6, 6.07) is 0.543. The summed E-state index contributed by atoms with van der Waals surface area (Å²) in [6.07, 6.45) is 1.77. The fourth-order valence-electron chi connectivity index (χ4n) is 2.43. The van der Waals surface area contributed by atoms with Crippen LogP contribution in [0.3, 0.4) is 0 Å². The van der Waals surface area contributed by atoms with E-state index >= 15 is 0 Å². The molecule has 0 spiro atoms. The lowest BCUT2D eigenvalue weighted by Gasteiger charge is -2.35. The van der Waals surface area contributed by atoms with E-state index in [0.29, 0.717) is 17.5 Å². The lowest BCUT2D eigenvalue weighted by molar-refractivity contribution is -0.0412. The lowest BCUT2D eigenvalue weighted by Crippen LogP contribution is -2.46. The smallest absolute Gasteiger partial charge is 0.264 e. The van der Waals surface area contributed by atoms with Gasteiger partial charge < -0.3 is 10.1 Å². The molecule has 0 aromatic carbocycles. The highest BCUT2D eigenvalue weighted by Gasteiger charge is 2.22. The average molecular weight is 312 g/mol. The SMILES string of the molecule is CCc1nnsc1C(=O)NCCC1CN(C(C)C)CCO1. The molecular weight excluding hydrogens is 288 g/mol. The van der Waals surface area contributed by atoms with Gasteiger partial charge in [-0.3, -0.25) is 9.69 Å². The van der Waals surface area contributed by atoms with Crippen molar-refractivity contribution in [3.63, 3.8) is 0 Å². The average Bonchev–Trinajstić information content (AvgIpc) is 2.96. The number of nitrogens with zero attached hydrogens (tertiary/aromatic N) is 3. The summed E-state index contributed by atoms with van der Waals surface area (Å²) >= 11 is 1.16. The zero-order chi connectivity index (χ0) is 15.2. The van der Waals surface area contributed by atoms with Gasteiger partial charge in [0.25, 0.3) is 5.91 Å². The molecule has 1 unspecified atom stereocenters. The van der Waals surface area contributed by atoms with Crippen molar-refractivity contribution in [2.24, 2.45) is 0 Å². The first-order valence-corrected chi connectivity index (χ1v) is 8.34. The number of amides is 1. The van der Waals surface area contributed by atoms with Crippen molar-refractivity contribution < 1.29 is 9.53 Å². The minimum absolute atomic E-state index is 0.0709. The van der Waals surface area contributed by atoms with Crippen molar-refractivity contribution >= 4 is 17.4 Å². The molecule has 2 heterocycles. The Balaban J connectivity index is 1.75. The van der Waals surface area contributed by atoms with Crippen molar-refractivity contribution in [2.75, 3.05) is 26.2 Å². The zero-order valence-electron chi connectivity index (χ0n) is 13.0. The molecule has 0 aliphatic carbocycles. The molecule has 0 bridgehead atoms. The van der Waals surface area contributed by atoms with Gasteiger partial charge in [0.1, 0.15) is 4.88 Å². The van der Waals surface area contributed by atoms with E-state index in [1.165, 1.54) is 0 Å². The molecule has 1 amide bonds. The number of rotatable bonds is 6. The van der Waals surface area contributed by atoms with E-state index in [-0.39, 0.29) is 12.0 Å². The van der Waals surface area contributed by atoms with Gasteiger partial charge in [-0.1, -0.05) is 11.4 Å². The number of aromatic nitrogens is 2. The number of aryl methyl sites for hydroxylation is 1. The molecule has 1 atom stereocenters. The molecule has 1 N–H and O–H groups in total. The lowest BCUT2D eigenvalue weighted by atomic mass is 10.1. The maximum atomic E-state index is 12.1. The predicted molar refractivity (Wildman–Crippen MR) is 82.7 cm³/mol. The second-order valence-corrected chi connectivity index (χ2v) is 6.28. The number of hydrogen-bond donors (Lipinski definition) is 1. The van der Waals surface area contributed by atoms with E-state index < -0.39 is 0 Å². The Morgan fingerprint density at radius 3 is 3.10 bits per heavy atom. The van der Waals surface area contributed by atoms with Gasteiger partial charge in [0.15, 0.2) is 0 Å². The number of carbonyl (C=O) groups is 1. The molecule has 7 heteroatoms. The molecule has 1 aromatic rings. The summed E-state index contributed by atoms with van der Waals surface area (Å²) in [5.41, 5.74) is 0.775. The fourth-order valence-corrected chi connectivity index (χ4v) is 3.09. The van der Waals surface area contributed by atoms with Gasteiger partial charge in [0.05, 0.1) is 18.4 Å². The van der Waals surface area contributed by atoms with Crippen LogP contribution in [0.25, 0.3) is 0 Å². The monoisotopic (exact) mass is 312 g/mol. The van der Waals surface area contributed by atoms with E-state index in [9.17, 15) is 4.79 Å². The minimum atomic E-state index is -0.0709. The van der Waals surface area contributed by atoms with Crippen molar-refractivity contribution in [3.05, 3.63) is 10.6 Å². The van der Waals surface area contributed by atoms with Gasteiger partial charge in [-0.25, -0.2) is 0 Å². The third-order valence-electron chi connectivity index (χ3n) is 3.75. The Hall–Kier alpha value is -1.05. The Kier molecular flexibility index (Phi) is 6.08. The van der Waals surface area contributed by atoms with E-state index in [4.69, 9.17) is 4.74 Å². The maximum absolute atomic E-state index is 12.1. The number of ether oxygens (including phenoxy) is 1. The van der Waals surface area contributed by atoms with Crippen molar-refractivity contribution in [1.82, 2.24) is 19.8 Å². The van der Waals surface area contributed by atoms with Crippen LogP contribution in [0.2, 0.25) is 0 Å². The van der Waals surface area contributed by atoms with E-state index in [1.807, 2.05) is 6.92 Å². The third-order valence-corrected chi connectivity index (χ3v) is 4.52. The molecule has 1 fully saturated rings. The number of nitrogens with one attached hydrogen (secondary N) is 1. The molecule has 0 saturated carbocycles. The number of carbonyl (C=O) groups excluding carboxylic acids is 1. The summed E-state index contributed by atoms with van der Waals surface area (Å²) in [5, 5.41) is 6.90. The molecule has 1 aliphatic rings. The predicted octanol–water partition coefficient (Wildman–Crippen LogP) is 1.33. The Bertz CT molecular complexity index is 464. The summed E-state index contributed by atoms with van der Waals surface area (Å²) < 4.78 is 9.60. The van der Waals surface area contributed by atoms with Crippen LogP contribution in [0.15, 0.2) is 0 Å². The Labute approximate surface area is 130 Å². The van der Waals surface area contributed by atoms with Crippen LogP contribution in [-0.2, 0) is 11.2 Å². The maximum Gasteiger partial charge on any atom is 0.264 e. The van der Waals surface area contributed by atoms with Crippen LogP contribution < -0.4 is 5.32 Å². The molecule has 1 saturated heterocycles. The molecule has 0 radical (unpaired) electrons. The van der Waals surface area contributed by atoms with E-state index in [1.54, 1.807) is 0 Å². The topological polar surface area (TPSA) is 67.4 Å². The van der Waals surface area contributed by atoms with Gasteiger partial charge in [-0.2, -0.15) is 0 Å². The van der Waals surface area contributed by atoms with Crippen molar-refractivity contribution in [2.45, 2.75) is 45.8 Å². The van der Waals surface area contributed by atoms with Crippen LogP contribution in [0.1, 0.15) is 42.6 Å². The zero-order valence-corrected chi connectivity index (χ0v) is 13.8. The summed E-state index contributed by atoms with van der Waals surface area (Å²) in [5.74, 6) is -0.0709. The fraction of sp³-hybridized carbons (Fsp3) is 0.786. The van der Waals surface area contributed by atoms with Gasteiger partial charge in [0, 0.05) is 25.7 Å². The van der Waals surface area contributed by atoms with Gasteiger partial charge in [-0.15, -0.1) is 5.10 Å². The van der Waals surface area contributed by atoms with Crippen LogP contribution in [-0.4, -0.2) is 58.8 Å². The highest BCUT2D eigenvalue weighted by molar-refractivity contribution is 7.08. The van der Waals surface area contributed by atoms with Crippen LogP contribution in [0.4, 0.5) is 0 Å². The van der Waals surface area contributed by atoms with E-state index in [0.717, 1.165) is 49.8 Å². The Morgan fingerprint density at radius 1 is 1.57 bits per heavy atom. The standard InChI is InChI=1S/C14H24N4O2S/c1-4-12-13(21-17-16-12)14(19)15-6-5-11-9-18(10(2)3)7-8-20-11/h10-11H,4-9H2,1-3H3,(H,15,19). The van der Waals surface area contributed by atoms with Crippen LogP contribution in [0.5, 0.6) is 0 Å². The summed E-state index contributed by atoms with van der Waals surface area (Å²) in [6.45, 7) is 9.71. The first-order chi connectivity index (χ1) is 10.1. The number of morpholine rings is 1. The molecule has 2 rings (SSSR count). The third kappa shape index (κ3) is 4.46. The second kappa shape index (κ2) is 7.82. The first-order valence-electron chi connectivity index (χ1n) is 7.56. The molecule has 6 nitrogen and oxygen atoms in total. The quantitative estimate of drug-likeness (QED) is 0.858. The van der Waals surface area contributed by atoms with Crippen LogP contribution in [0, 0.1) is 0 Å². The van der Waals surface area contributed by atoms with Gasteiger partial charge >= 0.3 is 0 Å². The summed E-state index contributed by atoms with van der Waals surface area (Å²) in [4.78, 5) is 15.1. The summed E-state index contributed by atoms with van der Waals surface area (Å²) in [7, 11) is 0. The van der Waals surface area contributed by atoms with Crippen LogP contribution >= 0.6 is 11.5 Å². The van der Waals surface area contributed by atoms with E-state index in [2.05, 4.69) is 33.7 Å².